The lowest BCUT2D eigenvalue weighted by Gasteiger charge is -2.41. The molecule has 1 aromatic rings. The molecule has 12 nitrogen and oxygen atoms in total. The third-order valence-corrected chi connectivity index (χ3v) is 8.43. The number of H-pyrrole nitrogens is 1. The average molecular weight is 452 g/mol. The molecule has 0 bridgehead atoms. The third kappa shape index (κ3) is 5.42. The summed E-state index contributed by atoms with van der Waals surface area (Å²) in [5.41, 5.74) is -1.23. The van der Waals surface area contributed by atoms with Crippen molar-refractivity contribution >= 4 is 15.3 Å². The maximum Gasteiger partial charge on any atom is 0.353 e. The molecule has 14 heteroatoms. The molecular weight excluding hydrogens is 426 g/mol. The fourth-order valence-corrected chi connectivity index (χ4v) is 5.37. The van der Waals surface area contributed by atoms with Crippen LogP contribution in [-0.2, 0) is 27.4 Å². The quantitative estimate of drug-likeness (QED) is 0.571. The van der Waals surface area contributed by atoms with Crippen LogP contribution in [0.3, 0.4) is 0 Å². The topological polar surface area (TPSA) is 132 Å². The number of nitrogens with zero attached hydrogens (tertiary/aromatic N) is 3. The van der Waals surface area contributed by atoms with E-state index in [1.165, 1.54) is 59.4 Å². The molecule has 0 saturated carbocycles. The maximum absolute atomic E-state index is 13.3. The van der Waals surface area contributed by atoms with Gasteiger partial charge in [-0.15, -0.1) is 0 Å². The van der Waals surface area contributed by atoms with Crippen LogP contribution in [0, 0.1) is 0 Å². The van der Waals surface area contributed by atoms with Crippen LogP contribution in [-0.4, -0.2) is 73.5 Å². The minimum Gasteiger partial charge on any atom is -0.348 e. The minimum atomic E-state index is -3.45. The lowest BCUT2D eigenvalue weighted by atomic mass is 10.3. The number of hydrogen-bond donors (Lipinski definition) is 1. The highest BCUT2D eigenvalue weighted by molar-refractivity contribution is 7.57. The van der Waals surface area contributed by atoms with Crippen molar-refractivity contribution in [3.63, 3.8) is 0 Å². The number of morpholine rings is 1. The summed E-state index contributed by atoms with van der Waals surface area (Å²) in [7, 11) is 0.173. The molecule has 2 heterocycles. The molecule has 1 saturated heterocycles. The minimum absolute atomic E-state index is 0.0474. The first-order valence-electron chi connectivity index (χ1n) is 8.55. The summed E-state index contributed by atoms with van der Waals surface area (Å²) in [6, 6.07) is 1.18. The number of aromatic amines is 1. The highest BCUT2D eigenvalue weighted by atomic mass is 31.2. The van der Waals surface area contributed by atoms with Gasteiger partial charge < -0.3 is 18.3 Å². The van der Waals surface area contributed by atoms with Crippen molar-refractivity contribution in [3.8, 4) is 0 Å². The van der Waals surface area contributed by atoms with Crippen LogP contribution in [0.4, 0.5) is 0 Å². The second kappa shape index (κ2) is 9.63. The molecule has 1 N–H and O–H groups in total. The van der Waals surface area contributed by atoms with Gasteiger partial charge in [-0.25, -0.2) is 14.1 Å². The van der Waals surface area contributed by atoms with Gasteiger partial charge in [0.05, 0.1) is 12.6 Å². The van der Waals surface area contributed by atoms with E-state index < -0.39 is 38.8 Å². The monoisotopic (exact) mass is 452 g/mol. The summed E-state index contributed by atoms with van der Waals surface area (Å²) in [6.07, 6.45) is 1.13. The van der Waals surface area contributed by atoms with Gasteiger partial charge in [-0.05, 0) is 20.2 Å². The Hall–Kier alpha value is -1.36. The molecule has 1 aliphatic rings. The Morgan fingerprint density at radius 2 is 1.83 bits per heavy atom. The van der Waals surface area contributed by atoms with E-state index in [1.54, 1.807) is 14.1 Å². The van der Waals surface area contributed by atoms with Gasteiger partial charge in [0.25, 0.3) is 5.56 Å². The Morgan fingerprint density at radius 3 is 2.34 bits per heavy atom. The molecule has 0 aliphatic carbocycles. The molecule has 0 amide bonds. The second-order valence-electron chi connectivity index (χ2n) is 6.29. The van der Waals surface area contributed by atoms with E-state index in [4.69, 9.17) is 18.3 Å². The van der Waals surface area contributed by atoms with Crippen molar-refractivity contribution in [3.05, 3.63) is 45.0 Å². The summed E-state index contributed by atoms with van der Waals surface area (Å²) in [5.74, 6) is 1.24. The molecule has 1 aromatic heterocycles. The molecule has 164 valence electrons. The highest BCUT2D eigenvalue weighted by Crippen LogP contribution is 2.54. The van der Waals surface area contributed by atoms with E-state index in [9.17, 15) is 18.7 Å². The summed E-state index contributed by atoms with van der Waals surface area (Å²) < 4.78 is 50.7. The fraction of sp³-hybridized carbons (Fsp3) is 0.600. The number of ether oxygens (including phenoxy) is 1. The molecule has 3 atom stereocenters. The van der Waals surface area contributed by atoms with Crippen molar-refractivity contribution in [1.29, 1.82) is 0 Å². The van der Waals surface area contributed by atoms with Gasteiger partial charge in [0.15, 0.2) is 6.23 Å². The molecule has 0 radical (unpaired) electrons. The highest BCUT2D eigenvalue weighted by Gasteiger charge is 2.41. The van der Waals surface area contributed by atoms with Gasteiger partial charge in [-0.3, -0.25) is 23.5 Å². The first kappa shape index (κ1) is 23.9. The molecule has 29 heavy (non-hydrogen) atoms. The maximum atomic E-state index is 13.3. The Morgan fingerprint density at radius 1 is 1.17 bits per heavy atom. The number of aromatic nitrogens is 2. The van der Waals surface area contributed by atoms with E-state index in [0.717, 1.165) is 0 Å². The molecule has 0 aromatic carbocycles. The summed E-state index contributed by atoms with van der Waals surface area (Å²) in [5, 5.41) is 0. The molecule has 2 rings (SSSR count). The van der Waals surface area contributed by atoms with E-state index in [-0.39, 0.29) is 13.1 Å². The lowest BCUT2D eigenvalue weighted by Crippen LogP contribution is -2.47. The van der Waals surface area contributed by atoms with Crippen molar-refractivity contribution < 1.29 is 27.4 Å². The zero-order valence-electron chi connectivity index (χ0n) is 16.9. The van der Waals surface area contributed by atoms with Gasteiger partial charge in [0.2, 0.25) is 0 Å². The molecule has 1 fully saturated rings. The fourth-order valence-electron chi connectivity index (χ4n) is 2.80. The van der Waals surface area contributed by atoms with E-state index in [1.807, 2.05) is 0 Å². The van der Waals surface area contributed by atoms with Crippen LogP contribution >= 0.6 is 15.3 Å². The Kier molecular flexibility index (Phi) is 7.94. The predicted octanol–water partition coefficient (Wildman–Crippen LogP) is 1.05. The van der Waals surface area contributed by atoms with Crippen LogP contribution in [0.15, 0.2) is 33.7 Å². The summed E-state index contributed by atoms with van der Waals surface area (Å²) in [6.45, 7) is 0.174. The van der Waals surface area contributed by atoms with Gasteiger partial charge in [-0.2, -0.15) is 0 Å². The number of rotatable bonds is 8. The SMILES string of the molecule is COP(=O)(/C=C/[C@@H]1CN(P(=O)(OC)N(C)C)C[C@H](n2ccc(=O)[nH]c2=O)O1)OC. The normalized spacial score (nSPS) is 23.5. The molecule has 1 unspecified atom stereocenters. The zero-order chi connectivity index (χ0) is 21.8. The molecule has 0 spiro atoms. The lowest BCUT2D eigenvalue weighted by molar-refractivity contribution is -0.0869. The average Bonchev–Trinajstić information content (AvgIpc) is 2.71. The summed E-state index contributed by atoms with van der Waals surface area (Å²) in [4.78, 5) is 25.7. The van der Waals surface area contributed by atoms with Gasteiger partial charge in [0, 0.05) is 46.0 Å². The van der Waals surface area contributed by atoms with Crippen LogP contribution in [0.5, 0.6) is 0 Å². The second-order valence-corrected chi connectivity index (χ2v) is 11.1. The van der Waals surface area contributed by atoms with Gasteiger partial charge in [0.1, 0.15) is 0 Å². The van der Waals surface area contributed by atoms with Crippen molar-refractivity contribution in [2.24, 2.45) is 0 Å². The van der Waals surface area contributed by atoms with Crippen LogP contribution in [0.2, 0.25) is 0 Å². The number of hydrogen-bond acceptors (Lipinski definition) is 8. The third-order valence-electron chi connectivity index (χ3n) is 4.34. The molecule has 1 aliphatic heterocycles. The first-order chi connectivity index (χ1) is 13.6. The van der Waals surface area contributed by atoms with Crippen LogP contribution in [0.25, 0.3) is 0 Å². The first-order valence-corrected chi connectivity index (χ1v) is 11.7. The largest absolute Gasteiger partial charge is 0.353 e. The summed E-state index contributed by atoms with van der Waals surface area (Å²) >= 11 is 0. The van der Waals surface area contributed by atoms with E-state index >= 15 is 0 Å². The van der Waals surface area contributed by atoms with Crippen LogP contribution in [0.1, 0.15) is 6.23 Å². The Labute approximate surface area is 168 Å². The Bertz CT molecular complexity index is 935. The van der Waals surface area contributed by atoms with Crippen molar-refractivity contribution in [2.75, 3.05) is 48.5 Å². The van der Waals surface area contributed by atoms with E-state index in [0.29, 0.717) is 0 Å². The van der Waals surface area contributed by atoms with E-state index in [2.05, 4.69) is 4.98 Å². The van der Waals surface area contributed by atoms with Gasteiger partial charge in [-0.1, -0.05) is 0 Å². The van der Waals surface area contributed by atoms with Gasteiger partial charge >= 0.3 is 21.0 Å². The van der Waals surface area contributed by atoms with Crippen molar-refractivity contribution in [1.82, 2.24) is 18.9 Å². The zero-order valence-corrected chi connectivity index (χ0v) is 18.7. The van der Waals surface area contributed by atoms with Crippen LogP contribution < -0.4 is 11.2 Å². The number of nitrogens with one attached hydrogen (secondary N) is 1. The molecular formula is C15H26N4O8P2. The van der Waals surface area contributed by atoms with Crippen molar-refractivity contribution in [2.45, 2.75) is 12.3 Å². The smallest absolute Gasteiger partial charge is 0.348 e. The Balaban J connectivity index is 2.43. The predicted molar refractivity (Wildman–Crippen MR) is 106 cm³/mol. The standard InChI is InChI=1S/C15H26N4O8P2/c1-17(2)29(23,26-5)18-10-12(7-9-28(22,24-3)25-4)27-14(11-18)19-8-6-13(20)16-15(19)21/h6-9,12,14H,10-11H2,1-5H3,(H,16,20,21)/b9-7+/t12-,14-,29?/m1/s1.